The van der Waals surface area contributed by atoms with E-state index in [4.69, 9.17) is 5.26 Å². The summed E-state index contributed by atoms with van der Waals surface area (Å²) in [6.45, 7) is 5.04. The van der Waals surface area contributed by atoms with Crippen molar-refractivity contribution in [1.82, 2.24) is 24.7 Å². The third-order valence-corrected chi connectivity index (χ3v) is 7.21. The summed E-state index contributed by atoms with van der Waals surface area (Å²) in [4.78, 5) is 4.40. The van der Waals surface area contributed by atoms with Crippen molar-refractivity contribution >= 4 is 11.5 Å². The number of benzene rings is 1. The molecular weight excluding hydrogens is 428 g/mol. The predicted octanol–water partition coefficient (Wildman–Crippen LogP) is 2.61. The molecule has 0 radical (unpaired) electrons. The number of aliphatic hydroxyl groups is 1. The topological polar surface area (TPSA) is 93.6 Å². The van der Waals surface area contributed by atoms with Gasteiger partial charge in [-0.25, -0.2) is 8.78 Å². The fourth-order valence-electron chi connectivity index (χ4n) is 5.23. The maximum absolute atomic E-state index is 14.5. The zero-order valence-electron chi connectivity index (χ0n) is 18.4. The van der Waals surface area contributed by atoms with Gasteiger partial charge in [0.25, 0.3) is 0 Å². The highest BCUT2D eigenvalue weighted by Gasteiger charge is 2.41. The third-order valence-electron chi connectivity index (χ3n) is 7.21. The van der Waals surface area contributed by atoms with Crippen molar-refractivity contribution in [1.29, 1.82) is 5.26 Å². The molecule has 4 heterocycles. The molecule has 0 amide bonds. The summed E-state index contributed by atoms with van der Waals surface area (Å²) in [7, 11) is 0. The summed E-state index contributed by atoms with van der Waals surface area (Å²) >= 11 is 0. The number of nitrogens with zero attached hydrogens (tertiary/aromatic N) is 7. The van der Waals surface area contributed by atoms with Gasteiger partial charge in [-0.05, 0) is 68.5 Å². The average molecular weight is 453 g/mol. The van der Waals surface area contributed by atoms with Gasteiger partial charge in [-0.15, -0.1) is 15.3 Å². The number of anilines is 1. The first-order valence-electron chi connectivity index (χ1n) is 11.1. The second kappa shape index (κ2) is 8.32. The Hall–Kier alpha value is -3.16. The quantitative estimate of drug-likeness (QED) is 0.649. The molecule has 2 aliphatic rings. The fourth-order valence-corrected chi connectivity index (χ4v) is 5.23. The van der Waals surface area contributed by atoms with Crippen LogP contribution in [0.5, 0.6) is 0 Å². The van der Waals surface area contributed by atoms with Crippen LogP contribution in [0.15, 0.2) is 24.5 Å². The molecule has 33 heavy (non-hydrogen) atoms. The Morgan fingerprint density at radius 2 is 1.97 bits per heavy atom. The van der Waals surface area contributed by atoms with Gasteiger partial charge in [0.2, 0.25) is 0 Å². The van der Waals surface area contributed by atoms with Crippen molar-refractivity contribution in [2.75, 3.05) is 37.6 Å². The van der Waals surface area contributed by atoms with E-state index in [2.05, 4.69) is 25.1 Å². The SMILES string of the molecule is Cc1c(F)c(C#N)cc(F)c1C(O)CN1CCC2(CC1)CCN(c1ccc3nncn3n1)C2. The van der Waals surface area contributed by atoms with E-state index < -0.39 is 17.7 Å². The number of nitriles is 1. The zero-order valence-corrected chi connectivity index (χ0v) is 18.4. The fraction of sp³-hybridized carbons (Fsp3) is 0.478. The number of fused-ring (bicyclic) bond motifs is 1. The largest absolute Gasteiger partial charge is 0.387 e. The lowest BCUT2D eigenvalue weighted by atomic mass is 9.77. The normalized spacial score (nSPS) is 19.3. The first-order valence-corrected chi connectivity index (χ1v) is 11.1. The van der Waals surface area contributed by atoms with Crippen molar-refractivity contribution in [2.24, 2.45) is 5.41 Å². The van der Waals surface area contributed by atoms with Crippen LogP contribution in [0.2, 0.25) is 0 Å². The van der Waals surface area contributed by atoms with E-state index in [9.17, 15) is 13.9 Å². The zero-order chi connectivity index (χ0) is 23.2. The molecule has 172 valence electrons. The van der Waals surface area contributed by atoms with E-state index >= 15 is 0 Å². The van der Waals surface area contributed by atoms with Crippen molar-refractivity contribution in [3.63, 3.8) is 0 Å². The number of piperidine rings is 1. The number of hydrogen-bond donors (Lipinski definition) is 1. The first-order chi connectivity index (χ1) is 15.9. The van der Waals surface area contributed by atoms with Gasteiger partial charge in [0.15, 0.2) is 5.65 Å². The minimum atomic E-state index is -1.15. The number of aromatic nitrogens is 4. The van der Waals surface area contributed by atoms with Crippen molar-refractivity contribution in [3.05, 3.63) is 52.9 Å². The molecule has 3 aromatic rings. The van der Waals surface area contributed by atoms with Crippen LogP contribution in [-0.2, 0) is 0 Å². The van der Waals surface area contributed by atoms with E-state index in [1.54, 1.807) is 16.9 Å². The predicted molar refractivity (Wildman–Crippen MR) is 116 cm³/mol. The Kier molecular flexibility index (Phi) is 5.46. The summed E-state index contributed by atoms with van der Waals surface area (Å²) in [5.74, 6) is -0.601. The van der Waals surface area contributed by atoms with Crippen LogP contribution in [0, 0.1) is 35.3 Å². The highest BCUT2D eigenvalue weighted by atomic mass is 19.1. The van der Waals surface area contributed by atoms with Gasteiger partial charge < -0.3 is 14.9 Å². The number of aliphatic hydroxyl groups excluding tert-OH is 1. The van der Waals surface area contributed by atoms with E-state index in [1.807, 2.05) is 12.1 Å². The van der Waals surface area contributed by atoms with E-state index in [-0.39, 0.29) is 28.7 Å². The Labute approximate surface area is 190 Å². The molecule has 0 saturated carbocycles. The molecule has 5 rings (SSSR count). The van der Waals surface area contributed by atoms with Gasteiger partial charge in [-0.1, -0.05) is 0 Å². The van der Waals surface area contributed by atoms with Gasteiger partial charge >= 0.3 is 0 Å². The number of halogens is 2. The minimum Gasteiger partial charge on any atom is -0.387 e. The highest BCUT2D eigenvalue weighted by molar-refractivity contribution is 5.46. The van der Waals surface area contributed by atoms with Crippen LogP contribution in [0.1, 0.15) is 42.1 Å². The monoisotopic (exact) mass is 453 g/mol. The molecular formula is C23H25F2N7O. The maximum atomic E-state index is 14.5. The Morgan fingerprint density at radius 1 is 1.21 bits per heavy atom. The second-order valence-corrected chi connectivity index (χ2v) is 9.18. The van der Waals surface area contributed by atoms with Crippen LogP contribution >= 0.6 is 0 Å². The lowest BCUT2D eigenvalue weighted by Crippen LogP contribution is -2.43. The second-order valence-electron chi connectivity index (χ2n) is 9.18. The highest BCUT2D eigenvalue weighted by Crippen LogP contribution is 2.42. The number of β-amino-alcohol motifs (C(OH)–C–C–N with tert-alkyl or cyclic N) is 1. The first kappa shape index (κ1) is 21.7. The molecule has 1 N–H and O–H groups in total. The lowest BCUT2D eigenvalue weighted by Gasteiger charge is -2.40. The van der Waals surface area contributed by atoms with E-state index in [0.717, 1.165) is 57.3 Å². The van der Waals surface area contributed by atoms with E-state index in [1.165, 1.54) is 6.92 Å². The number of likely N-dealkylation sites (tertiary alicyclic amines) is 1. The van der Waals surface area contributed by atoms with Gasteiger partial charge in [-0.3, -0.25) is 0 Å². The third kappa shape index (κ3) is 3.92. The molecule has 10 heteroatoms. The Morgan fingerprint density at radius 3 is 2.73 bits per heavy atom. The molecule has 2 fully saturated rings. The Balaban J connectivity index is 1.22. The molecule has 1 atom stereocenters. The molecule has 2 saturated heterocycles. The molecule has 1 aromatic carbocycles. The van der Waals surface area contributed by atoms with Gasteiger partial charge in [0, 0.05) is 25.2 Å². The van der Waals surface area contributed by atoms with Gasteiger partial charge in [0.05, 0.1) is 11.7 Å². The van der Waals surface area contributed by atoms with Crippen LogP contribution in [-0.4, -0.2) is 62.5 Å². The summed E-state index contributed by atoms with van der Waals surface area (Å²) in [5.41, 5.74) is 0.497. The number of hydrogen-bond acceptors (Lipinski definition) is 7. The smallest absolute Gasteiger partial charge is 0.177 e. The van der Waals surface area contributed by atoms with Crippen molar-refractivity contribution in [2.45, 2.75) is 32.3 Å². The van der Waals surface area contributed by atoms with Gasteiger partial charge in [-0.2, -0.15) is 9.78 Å². The number of rotatable bonds is 4. The van der Waals surface area contributed by atoms with Crippen LogP contribution in [0.4, 0.5) is 14.6 Å². The molecule has 1 unspecified atom stereocenters. The molecule has 1 spiro atoms. The molecule has 0 bridgehead atoms. The van der Waals surface area contributed by atoms with Crippen LogP contribution < -0.4 is 4.90 Å². The summed E-state index contributed by atoms with van der Waals surface area (Å²) in [6, 6.07) is 6.41. The molecule has 8 nitrogen and oxygen atoms in total. The summed E-state index contributed by atoms with van der Waals surface area (Å²) in [6.07, 6.45) is 3.45. The van der Waals surface area contributed by atoms with Crippen molar-refractivity contribution in [3.8, 4) is 6.07 Å². The lowest BCUT2D eigenvalue weighted by molar-refractivity contribution is 0.0632. The summed E-state index contributed by atoms with van der Waals surface area (Å²) < 4.78 is 30.5. The standard InChI is InChI=1S/C23H25F2N7O/c1-15-21(17(24)10-16(11-26)22(15)25)18(33)12-30-7-4-23(5-8-30)6-9-31(13-23)20-3-2-19-28-27-14-32(19)29-20/h2-3,10,14,18,33H,4-9,12-13H2,1H3. The summed E-state index contributed by atoms with van der Waals surface area (Å²) in [5, 5.41) is 32.1. The maximum Gasteiger partial charge on any atom is 0.177 e. The van der Waals surface area contributed by atoms with Crippen molar-refractivity contribution < 1.29 is 13.9 Å². The average Bonchev–Trinajstić information content (AvgIpc) is 3.45. The molecule has 2 aromatic heterocycles. The Bertz CT molecular complexity index is 1230. The van der Waals surface area contributed by atoms with Gasteiger partial charge in [0.1, 0.15) is 29.8 Å². The van der Waals surface area contributed by atoms with Crippen LogP contribution in [0.25, 0.3) is 5.65 Å². The van der Waals surface area contributed by atoms with E-state index in [0.29, 0.717) is 5.65 Å². The van der Waals surface area contributed by atoms with Crippen LogP contribution in [0.3, 0.4) is 0 Å². The molecule has 0 aliphatic carbocycles. The minimum absolute atomic E-state index is 0.00322. The molecule has 2 aliphatic heterocycles.